The molecule has 6 rings (SSSR count). The monoisotopic (exact) mass is 688 g/mol. The van der Waals surface area contributed by atoms with Crippen LogP contribution >= 0.6 is 0 Å². The molecule has 21 heteroatoms. The Balaban J connectivity index is 0.000000169. The van der Waals surface area contributed by atoms with E-state index in [1.54, 1.807) is 50.5 Å². The van der Waals surface area contributed by atoms with Gasteiger partial charge in [-0.25, -0.2) is 19.6 Å². The second-order valence-electron chi connectivity index (χ2n) is 9.63. The standard InChI is InChI=1S/2C10H10N4O3.C9H8N4O3/c1-13-6-11-10(12-13)7-4-3-5-8(14(15)16)9(7)17-2;1-13-10(11-6-12-13)7-4-3-5-8(14(15)16)9(7)17-2;1-16-8-6(9-10-5-11-12-9)3-2-4-7(8)13(14)15/h2*3-6H,1-2H3;2-5H,1H3,(H,10,11,12). The van der Waals surface area contributed by atoms with Crippen LogP contribution in [-0.2, 0) is 14.1 Å². The molecule has 0 bridgehead atoms. The van der Waals surface area contributed by atoms with Crippen molar-refractivity contribution in [3.05, 3.63) is 104 Å². The van der Waals surface area contributed by atoms with E-state index in [9.17, 15) is 30.3 Å². The molecule has 0 aliphatic heterocycles. The van der Waals surface area contributed by atoms with Crippen LogP contribution in [0.25, 0.3) is 34.2 Å². The molecule has 0 amide bonds. The Hall–Kier alpha value is -7.32. The Morgan fingerprint density at radius 1 is 0.660 bits per heavy atom. The molecule has 0 radical (unpaired) electrons. The third-order valence-corrected chi connectivity index (χ3v) is 6.65. The number of benzene rings is 3. The van der Waals surface area contributed by atoms with Gasteiger partial charge in [0.1, 0.15) is 19.0 Å². The molecule has 3 aromatic heterocycles. The van der Waals surface area contributed by atoms with Crippen molar-refractivity contribution < 1.29 is 29.0 Å². The first-order valence-electron chi connectivity index (χ1n) is 14.0. The summed E-state index contributed by atoms with van der Waals surface area (Å²) in [6, 6.07) is 13.9. The van der Waals surface area contributed by atoms with Gasteiger partial charge in [0.15, 0.2) is 17.5 Å². The molecule has 0 atom stereocenters. The summed E-state index contributed by atoms with van der Waals surface area (Å²) in [5.41, 5.74) is 1.26. The van der Waals surface area contributed by atoms with Gasteiger partial charge in [-0.15, -0.1) is 0 Å². The molecule has 3 heterocycles. The molecule has 21 nitrogen and oxygen atoms in total. The number of aromatic nitrogens is 9. The van der Waals surface area contributed by atoms with E-state index in [1.807, 2.05) is 0 Å². The van der Waals surface area contributed by atoms with E-state index in [4.69, 9.17) is 14.2 Å². The van der Waals surface area contributed by atoms with Gasteiger partial charge < -0.3 is 14.2 Å². The summed E-state index contributed by atoms with van der Waals surface area (Å²) in [6.45, 7) is 0. The van der Waals surface area contributed by atoms with Crippen molar-refractivity contribution in [2.75, 3.05) is 21.3 Å². The zero-order chi connectivity index (χ0) is 36.4. The Bertz CT molecular complexity index is 2110. The summed E-state index contributed by atoms with van der Waals surface area (Å²) in [5, 5.41) is 46.8. The number of nitrogens with zero attached hydrogens (tertiary/aromatic N) is 11. The zero-order valence-corrected chi connectivity index (χ0v) is 27.0. The van der Waals surface area contributed by atoms with Crippen LogP contribution < -0.4 is 14.2 Å². The molecule has 258 valence electrons. The maximum Gasteiger partial charge on any atom is 0.311 e. The quantitative estimate of drug-likeness (QED) is 0.165. The predicted octanol–water partition coefficient (Wildman–Crippen LogP) is 4.19. The summed E-state index contributed by atoms with van der Waals surface area (Å²) in [5.74, 6) is 1.88. The number of nitro groups is 3. The topological polar surface area (TPSA) is 260 Å². The van der Waals surface area contributed by atoms with Crippen LogP contribution in [0.3, 0.4) is 0 Å². The highest BCUT2D eigenvalue weighted by Crippen LogP contribution is 2.38. The molecule has 0 unspecified atom stereocenters. The van der Waals surface area contributed by atoms with E-state index < -0.39 is 14.8 Å². The van der Waals surface area contributed by atoms with Crippen molar-refractivity contribution in [2.24, 2.45) is 14.1 Å². The van der Waals surface area contributed by atoms with Crippen LogP contribution in [0.4, 0.5) is 17.1 Å². The Kier molecular flexibility index (Phi) is 11.4. The molecule has 0 saturated carbocycles. The number of rotatable bonds is 9. The average molecular weight is 689 g/mol. The lowest BCUT2D eigenvalue weighted by atomic mass is 10.1. The van der Waals surface area contributed by atoms with Gasteiger partial charge in [0, 0.05) is 32.3 Å². The number of aromatic amines is 1. The number of nitro benzene ring substituents is 3. The van der Waals surface area contributed by atoms with Gasteiger partial charge in [0.2, 0.25) is 17.2 Å². The van der Waals surface area contributed by atoms with Gasteiger partial charge in [-0.3, -0.25) is 40.1 Å². The molecule has 6 aromatic rings. The number of aryl methyl sites for hydroxylation is 2. The highest BCUT2D eigenvalue weighted by atomic mass is 16.6. The largest absolute Gasteiger partial charge is 0.490 e. The smallest absolute Gasteiger partial charge is 0.311 e. The number of hydrogen-bond acceptors (Lipinski definition) is 15. The van der Waals surface area contributed by atoms with Gasteiger partial charge in [0.25, 0.3) is 0 Å². The normalized spacial score (nSPS) is 10.2. The van der Waals surface area contributed by atoms with E-state index in [-0.39, 0.29) is 34.3 Å². The maximum absolute atomic E-state index is 10.9. The van der Waals surface area contributed by atoms with Crippen molar-refractivity contribution in [1.29, 1.82) is 0 Å². The molecule has 1 N–H and O–H groups in total. The van der Waals surface area contributed by atoms with Gasteiger partial charge in [-0.05, 0) is 18.2 Å². The number of ether oxygens (including phenoxy) is 3. The van der Waals surface area contributed by atoms with Gasteiger partial charge in [-0.2, -0.15) is 15.3 Å². The average Bonchev–Trinajstić information content (AvgIpc) is 3.90. The summed E-state index contributed by atoms with van der Waals surface area (Å²) < 4.78 is 18.2. The van der Waals surface area contributed by atoms with E-state index in [1.165, 1.54) is 67.9 Å². The summed E-state index contributed by atoms with van der Waals surface area (Å²) in [6.07, 6.45) is 4.23. The highest BCUT2D eigenvalue weighted by molar-refractivity contribution is 5.72. The predicted molar refractivity (Wildman–Crippen MR) is 174 cm³/mol. The first-order valence-corrected chi connectivity index (χ1v) is 14.0. The van der Waals surface area contributed by atoms with Crippen molar-refractivity contribution in [2.45, 2.75) is 0 Å². The molecule has 0 spiro atoms. The summed E-state index contributed by atoms with van der Waals surface area (Å²) in [7, 11) is 7.58. The fourth-order valence-electron chi connectivity index (χ4n) is 4.53. The lowest BCUT2D eigenvalue weighted by molar-refractivity contribution is -0.385. The van der Waals surface area contributed by atoms with E-state index in [2.05, 4.69) is 35.3 Å². The fourth-order valence-corrected chi connectivity index (χ4v) is 4.53. The van der Waals surface area contributed by atoms with Gasteiger partial charge in [-0.1, -0.05) is 18.2 Å². The SMILES string of the molecule is COc1c(-c2ncn(C)n2)cccc1[N+](=O)[O-].COc1c(-c2ncn[nH]2)cccc1[N+](=O)[O-].COc1c(-c2ncnn2C)cccc1[N+](=O)[O-]. The van der Waals surface area contributed by atoms with Crippen LogP contribution in [-0.4, -0.2) is 80.8 Å². The highest BCUT2D eigenvalue weighted by Gasteiger charge is 2.23. The zero-order valence-electron chi connectivity index (χ0n) is 27.0. The van der Waals surface area contributed by atoms with Crippen LogP contribution in [0.5, 0.6) is 17.2 Å². The molecule has 3 aromatic carbocycles. The fraction of sp³-hybridized carbons (Fsp3) is 0.172. The number of H-pyrrole nitrogens is 1. The molecular formula is C29H28N12O9. The first kappa shape index (κ1) is 35.5. The summed E-state index contributed by atoms with van der Waals surface area (Å²) in [4.78, 5) is 43.0. The van der Waals surface area contributed by atoms with E-state index in [0.29, 0.717) is 34.2 Å². The third kappa shape index (κ3) is 7.79. The minimum Gasteiger partial charge on any atom is -0.490 e. The number of para-hydroxylation sites is 3. The molecular weight excluding hydrogens is 660 g/mol. The Morgan fingerprint density at radius 2 is 1.16 bits per heavy atom. The van der Waals surface area contributed by atoms with Crippen molar-refractivity contribution in [1.82, 2.24) is 44.7 Å². The van der Waals surface area contributed by atoms with E-state index >= 15 is 0 Å². The Labute approximate surface area is 281 Å². The molecule has 0 aliphatic rings. The minimum absolute atomic E-state index is 0.0898. The number of nitrogens with one attached hydrogen (secondary N) is 1. The first-order chi connectivity index (χ1) is 24.0. The third-order valence-electron chi connectivity index (χ3n) is 6.65. The van der Waals surface area contributed by atoms with Gasteiger partial charge >= 0.3 is 17.1 Å². The van der Waals surface area contributed by atoms with Crippen molar-refractivity contribution in [3.63, 3.8) is 0 Å². The number of methoxy groups -OCH3 is 3. The second-order valence-corrected chi connectivity index (χ2v) is 9.63. The minimum atomic E-state index is -0.501. The Morgan fingerprint density at radius 3 is 1.58 bits per heavy atom. The van der Waals surface area contributed by atoms with Crippen LogP contribution in [0.1, 0.15) is 0 Å². The van der Waals surface area contributed by atoms with Gasteiger partial charge in [0.05, 0.1) is 52.8 Å². The van der Waals surface area contributed by atoms with Crippen LogP contribution in [0, 0.1) is 30.3 Å². The maximum atomic E-state index is 10.9. The summed E-state index contributed by atoms with van der Waals surface area (Å²) >= 11 is 0. The molecule has 0 aliphatic carbocycles. The van der Waals surface area contributed by atoms with Crippen molar-refractivity contribution >= 4 is 17.1 Å². The number of hydrogen-bond donors (Lipinski definition) is 1. The lowest BCUT2D eigenvalue weighted by Crippen LogP contribution is -1.99. The molecule has 0 saturated heterocycles. The second kappa shape index (κ2) is 16.0. The molecule has 0 fully saturated rings. The van der Waals surface area contributed by atoms with E-state index in [0.717, 1.165) is 0 Å². The van der Waals surface area contributed by atoms with Crippen LogP contribution in [0.15, 0.2) is 73.6 Å². The van der Waals surface area contributed by atoms with Crippen molar-refractivity contribution in [3.8, 4) is 51.4 Å². The van der Waals surface area contributed by atoms with Crippen LogP contribution in [0.2, 0.25) is 0 Å². The molecule has 50 heavy (non-hydrogen) atoms. The lowest BCUT2D eigenvalue weighted by Gasteiger charge is -2.07.